The molecular weight excluding hydrogens is 413 g/mol. The third kappa shape index (κ3) is 3.99. The molecule has 0 radical (unpaired) electrons. The minimum absolute atomic E-state index is 0. The van der Waals surface area contributed by atoms with Crippen molar-refractivity contribution >= 4 is 24.0 Å². The lowest BCUT2D eigenvalue weighted by atomic mass is 10.00. The fourth-order valence-corrected chi connectivity index (χ4v) is 3.05. The zero-order valence-electron chi connectivity index (χ0n) is 15.4. The van der Waals surface area contributed by atoms with E-state index in [9.17, 15) is 22.8 Å². The van der Waals surface area contributed by atoms with E-state index in [4.69, 9.17) is 10.8 Å². The molecule has 3 heterocycles. The highest BCUT2D eigenvalue weighted by molar-refractivity contribution is 5.85. The highest BCUT2D eigenvalue weighted by Gasteiger charge is 2.36. The minimum Gasteiger partial charge on any atom is -0.480 e. The molecule has 0 bridgehead atoms. The Morgan fingerprint density at radius 3 is 2.59 bits per heavy atom. The number of carbonyl (C=O) groups is 1. The second-order valence-corrected chi connectivity index (χ2v) is 6.44. The molecule has 0 fully saturated rings. The zero-order valence-corrected chi connectivity index (χ0v) is 16.2. The Labute approximate surface area is 169 Å². The fourth-order valence-electron chi connectivity index (χ4n) is 3.05. The van der Waals surface area contributed by atoms with Gasteiger partial charge in [0.2, 0.25) is 0 Å². The van der Waals surface area contributed by atoms with Crippen molar-refractivity contribution in [2.24, 2.45) is 12.8 Å². The van der Waals surface area contributed by atoms with Crippen molar-refractivity contribution in [3.8, 4) is 11.1 Å². The molecule has 0 aliphatic heterocycles. The number of aromatic nitrogens is 3. The monoisotopic (exact) mass is 430 g/mol. The van der Waals surface area contributed by atoms with Crippen molar-refractivity contribution in [1.29, 1.82) is 0 Å². The van der Waals surface area contributed by atoms with Gasteiger partial charge in [0.25, 0.3) is 5.56 Å². The van der Waals surface area contributed by atoms with Gasteiger partial charge in [-0.2, -0.15) is 13.2 Å². The molecule has 11 heteroatoms. The van der Waals surface area contributed by atoms with Crippen LogP contribution in [0.3, 0.4) is 0 Å². The van der Waals surface area contributed by atoms with E-state index in [-0.39, 0.29) is 35.7 Å². The Hall–Kier alpha value is -2.85. The highest BCUT2D eigenvalue weighted by atomic mass is 35.5. The molecule has 29 heavy (non-hydrogen) atoms. The largest absolute Gasteiger partial charge is 0.480 e. The topological polar surface area (TPSA) is 103 Å². The number of alkyl halides is 3. The summed E-state index contributed by atoms with van der Waals surface area (Å²) >= 11 is 0. The van der Waals surface area contributed by atoms with Crippen LogP contribution in [-0.2, 0) is 24.4 Å². The predicted molar refractivity (Wildman–Crippen MR) is 102 cm³/mol. The SMILES string of the molecule is Cc1cc(C(F)(F)F)c(-c2ccc(CC(N)C(=O)O)n3ccnc23)c(=O)n1C.Cl. The number of carboxylic acid groups (broad SMARTS) is 1. The van der Waals surface area contributed by atoms with Gasteiger partial charge in [0, 0.05) is 42.8 Å². The lowest BCUT2D eigenvalue weighted by molar-refractivity contribution is -0.139. The van der Waals surface area contributed by atoms with Crippen LogP contribution in [0.2, 0.25) is 0 Å². The minimum atomic E-state index is -4.73. The summed E-state index contributed by atoms with van der Waals surface area (Å²) in [5, 5.41) is 9.00. The molecule has 1 unspecified atom stereocenters. The molecule has 3 rings (SSSR count). The summed E-state index contributed by atoms with van der Waals surface area (Å²) in [6, 6.07) is 2.53. The molecule has 0 aliphatic carbocycles. The smallest absolute Gasteiger partial charge is 0.417 e. The van der Waals surface area contributed by atoms with E-state index in [2.05, 4.69) is 4.98 Å². The molecule has 3 aromatic heterocycles. The lowest BCUT2D eigenvalue weighted by Gasteiger charge is -2.17. The first-order valence-corrected chi connectivity index (χ1v) is 8.24. The van der Waals surface area contributed by atoms with Gasteiger partial charge in [-0.3, -0.25) is 9.59 Å². The molecule has 156 valence electrons. The quantitative estimate of drug-likeness (QED) is 0.661. The molecule has 0 saturated heterocycles. The number of aliphatic carboxylic acids is 1. The first-order valence-electron chi connectivity index (χ1n) is 8.24. The molecule has 0 spiro atoms. The van der Waals surface area contributed by atoms with Crippen molar-refractivity contribution in [3.63, 3.8) is 0 Å². The van der Waals surface area contributed by atoms with Gasteiger partial charge in [-0.1, -0.05) is 0 Å². The number of pyridine rings is 2. The molecule has 0 aliphatic rings. The van der Waals surface area contributed by atoms with Gasteiger partial charge in [-0.05, 0) is 25.1 Å². The van der Waals surface area contributed by atoms with Gasteiger partial charge in [-0.25, -0.2) is 4.98 Å². The van der Waals surface area contributed by atoms with E-state index < -0.39 is 34.9 Å². The Bertz CT molecular complexity index is 1140. The van der Waals surface area contributed by atoms with Crippen molar-refractivity contribution in [2.45, 2.75) is 25.6 Å². The highest BCUT2D eigenvalue weighted by Crippen LogP contribution is 2.37. The third-order valence-electron chi connectivity index (χ3n) is 4.62. The summed E-state index contributed by atoms with van der Waals surface area (Å²) in [5.74, 6) is -1.20. The Morgan fingerprint density at radius 2 is 2.00 bits per heavy atom. The van der Waals surface area contributed by atoms with Gasteiger partial charge >= 0.3 is 12.1 Å². The standard InChI is InChI=1S/C18H17F3N4O3.ClH/c1-9-7-12(18(19,20)21)14(16(26)24(9)2)11-4-3-10(8-13(22)17(27)28)25-6-5-23-15(11)25;/h3-7,13H,8,22H2,1-2H3,(H,27,28);1H. The number of aryl methyl sites for hydroxylation is 1. The van der Waals surface area contributed by atoms with E-state index in [1.54, 1.807) is 0 Å². The van der Waals surface area contributed by atoms with E-state index in [1.165, 1.54) is 42.9 Å². The second-order valence-electron chi connectivity index (χ2n) is 6.44. The molecule has 0 aromatic carbocycles. The van der Waals surface area contributed by atoms with Crippen LogP contribution in [-0.4, -0.2) is 31.1 Å². The number of rotatable bonds is 4. The number of nitrogens with zero attached hydrogens (tertiary/aromatic N) is 3. The van der Waals surface area contributed by atoms with E-state index in [0.717, 1.165) is 10.6 Å². The maximum absolute atomic E-state index is 13.6. The van der Waals surface area contributed by atoms with Gasteiger partial charge < -0.3 is 19.8 Å². The molecule has 1 atom stereocenters. The van der Waals surface area contributed by atoms with Crippen molar-refractivity contribution in [2.75, 3.05) is 0 Å². The fraction of sp³-hybridized carbons (Fsp3) is 0.278. The van der Waals surface area contributed by atoms with Gasteiger partial charge in [0.1, 0.15) is 11.7 Å². The molecule has 0 saturated carbocycles. The molecule has 7 nitrogen and oxygen atoms in total. The normalized spacial score (nSPS) is 12.6. The summed E-state index contributed by atoms with van der Waals surface area (Å²) in [5.41, 5.74) is 3.94. The molecule has 3 aromatic rings. The average Bonchev–Trinajstić information content (AvgIpc) is 3.09. The number of imidazole rings is 1. The predicted octanol–water partition coefficient (Wildman–Crippen LogP) is 2.40. The average molecular weight is 431 g/mol. The molecule has 0 amide bonds. The van der Waals surface area contributed by atoms with Crippen LogP contribution in [0.5, 0.6) is 0 Å². The number of halogens is 4. The van der Waals surface area contributed by atoms with E-state index in [0.29, 0.717) is 5.69 Å². The number of hydrogen-bond acceptors (Lipinski definition) is 4. The first-order chi connectivity index (χ1) is 13.0. The van der Waals surface area contributed by atoms with Crippen LogP contribution in [0.25, 0.3) is 16.8 Å². The summed E-state index contributed by atoms with van der Waals surface area (Å²) in [6.07, 6.45) is -1.95. The summed E-state index contributed by atoms with van der Waals surface area (Å²) in [7, 11) is 1.39. The molecule has 3 N–H and O–H groups in total. The maximum atomic E-state index is 13.6. The van der Waals surface area contributed by atoms with Gasteiger partial charge in [0.15, 0.2) is 0 Å². The van der Waals surface area contributed by atoms with Crippen molar-refractivity contribution in [1.82, 2.24) is 14.0 Å². The Kier molecular flexibility index (Phi) is 6.10. The van der Waals surface area contributed by atoms with Crippen LogP contribution in [0, 0.1) is 6.92 Å². The van der Waals surface area contributed by atoms with Crippen LogP contribution >= 0.6 is 12.4 Å². The van der Waals surface area contributed by atoms with Gasteiger partial charge in [-0.15, -0.1) is 12.4 Å². The van der Waals surface area contributed by atoms with E-state index in [1.807, 2.05) is 0 Å². The summed E-state index contributed by atoms with van der Waals surface area (Å²) in [6.45, 7) is 1.42. The Balaban J connectivity index is 0.00000300. The third-order valence-corrected chi connectivity index (χ3v) is 4.62. The number of nitrogens with two attached hydrogens (primary N) is 1. The number of carboxylic acids is 1. The number of hydrogen-bond donors (Lipinski definition) is 2. The Morgan fingerprint density at radius 1 is 1.34 bits per heavy atom. The second kappa shape index (κ2) is 7.88. The van der Waals surface area contributed by atoms with Crippen LogP contribution in [0.4, 0.5) is 13.2 Å². The van der Waals surface area contributed by atoms with Crippen LogP contribution in [0.15, 0.2) is 35.4 Å². The lowest BCUT2D eigenvalue weighted by Crippen LogP contribution is -2.33. The zero-order chi connectivity index (χ0) is 20.8. The summed E-state index contributed by atoms with van der Waals surface area (Å²) in [4.78, 5) is 27.8. The summed E-state index contributed by atoms with van der Waals surface area (Å²) < 4.78 is 43.5. The van der Waals surface area contributed by atoms with Crippen LogP contribution in [0.1, 0.15) is 17.0 Å². The molecular formula is C18H18ClF3N4O3. The number of fused-ring (bicyclic) bond motifs is 1. The van der Waals surface area contributed by atoms with E-state index >= 15 is 0 Å². The first kappa shape index (κ1) is 22.4. The van der Waals surface area contributed by atoms with Crippen molar-refractivity contribution in [3.05, 3.63) is 57.9 Å². The van der Waals surface area contributed by atoms with Crippen LogP contribution < -0.4 is 11.3 Å². The maximum Gasteiger partial charge on any atom is 0.417 e. The van der Waals surface area contributed by atoms with Crippen molar-refractivity contribution < 1.29 is 23.1 Å². The van der Waals surface area contributed by atoms with Gasteiger partial charge in [0.05, 0.1) is 11.1 Å².